The largest absolute Gasteiger partial charge is 0.273 e. The fourth-order valence-electron chi connectivity index (χ4n) is 5.08. The molecule has 0 aliphatic carbocycles. The van der Waals surface area contributed by atoms with Crippen molar-refractivity contribution in [3.63, 3.8) is 0 Å². The van der Waals surface area contributed by atoms with Crippen LogP contribution in [-0.4, -0.2) is 26.2 Å². The van der Waals surface area contributed by atoms with Crippen molar-refractivity contribution < 1.29 is 4.79 Å². The quantitative estimate of drug-likeness (QED) is 0.320. The summed E-state index contributed by atoms with van der Waals surface area (Å²) in [5.74, 6) is -0.351. The molecule has 0 saturated heterocycles. The third-order valence-electron chi connectivity index (χ3n) is 6.92. The van der Waals surface area contributed by atoms with Crippen LogP contribution in [0.5, 0.6) is 0 Å². The van der Waals surface area contributed by atoms with Crippen LogP contribution in [0.25, 0.3) is 28.0 Å². The zero-order valence-electron chi connectivity index (χ0n) is 21.1. The van der Waals surface area contributed by atoms with Crippen LogP contribution in [0.1, 0.15) is 24.1 Å². The van der Waals surface area contributed by atoms with E-state index in [2.05, 4.69) is 11.2 Å². The third kappa shape index (κ3) is 4.18. The molecule has 1 aromatic heterocycles. The molecule has 39 heavy (non-hydrogen) atoms. The van der Waals surface area contributed by atoms with Gasteiger partial charge < -0.3 is 0 Å². The Bertz CT molecular complexity index is 1820. The Labute approximate surface area is 224 Å². The second-order valence-corrected chi connectivity index (χ2v) is 9.32. The number of carbonyl (C=O) groups excluding carboxylic acids is 1. The van der Waals surface area contributed by atoms with E-state index in [9.17, 15) is 14.9 Å². The summed E-state index contributed by atoms with van der Waals surface area (Å²) in [7, 11) is 0. The molecule has 7 heteroatoms. The van der Waals surface area contributed by atoms with E-state index in [0.717, 1.165) is 11.1 Å². The minimum absolute atomic E-state index is 0.174. The van der Waals surface area contributed by atoms with Gasteiger partial charge in [0, 0.05) is 12.5 Å². The molecule has 0 spiro atoms. The van der Waals surface area contributed by atoms with E-state index in [1.165, 1.54) is 11.9 Å². The van der Waals surface area contributed by atoms with Gasteiger partial charge in [-0.2, -0.15) is 10.4 Å². The summed E-state index contributed by atoms with van der Waals surface area (Å²) in [5.41, 5.74) is 3.97. The summed E-state index contributed by atoms with van der Waals surface area (Å²) in [4.78, 5) is 31.0. The lowest BCUT2D eigenvalue weighted by Gasteiger charge is -2.22. The predicted octanol–water partition coefficient (Wildman–Crippen LogP) is 5.50. The van der Waals surface area contributed by atoms with Gasteiger partial charge in [0.2, 0.25) is 5.91 Å². The number of amides is 1. The van der Waals surface area contributed by atoms with E-state index >= 15 is 0 Å². The van der Waals surface area contributed by atoms with Gasteiger partial charge in [-0.1, -0.05) is 84.9 Å². The Morgan fingerprint density at radius 2 is 1.46 bits per heavy atom. The highest BCUT2D eigenvalue weighted by atomic mass is 16.2. The second-order valence-electron chi connectivity index (χ2n) is 9.32. The molecule has 2 heterocycles. The van der Waals surface area contributed by atoms with E-state index < -0.39 is 12.0 Å². The van der Waals surface area contributed by atoms with Gasteiger partial charge in [0.1, 0.15) is 17.8 Å². The maximum Gasteiger partial charge on any atom is 0.266 e. The lowest BCUT2D eigenvalue weighted by atomic mass is 9.88. The fourth-order valence-corrected chi connectivity index (χ4v) is 5.08. The van der Waals surface area contributed by atoms with Gasteiger partial charge in [0.15, 0.2) is 0 Å². The van der Waals surface area contributed by atoms with Crippen LogP contribution >= 0.6 is 0 Å². The molecule has 2 unspecified atom stereocenters. The van der Waals surface area contributed by atoms with Gasteiger partial charge in [-0.3, -0.25) is 14.2 Å². The Morgan fingerprint density at radius 3 is 2.13 bits per heavy atom. The number of fused-ring (bicyclic) bond motifs is 1. The molecule has 0 N–H and O–H groups in total. The molecule has 0 radical (unpaired) electrons. The summed E-state index contributed by atoms with van der Waals surface area (Å²) in [6.45, 7) is 1.45. The van der Waals surface area contributed by atoms with Gasteiger partial charge >= 0.3 is 0 Å². The Balaban J connectivity index is 1.46. The number of aromatic nitrogens is 2. The Morgan fingerprint density at radius 1 is 0.821 bits per heavy atom. The van der Waals surface area contributed by atoms with Gasteiger partial charge in [-0.25, -0.2) is 9.99 Å². The monoisotopic (exact) mass is 509 g/mol. The molecule has 0 fully saturated rings. The number of benzene rings is 4. The number of hydrogen-bond donors (Lipinski definition) is 0. The van der Waals surface area contributed by atoms with Gasteiger partial charge in [-0.15, -0.1) is 0 Å². The van der Waals surface area contributed by atoms with Crippen LogP contribution in [0.15, 0.2) is 119 Å². The van der Waals surface area contributed by atoms with Crippen molar-refractivity contribution in [3.8, 4) is 23.1 Å². The number of nitrogens with zero attached hydrogens (tertiary/aromatic N) is 5. The highest BCUT2D eigenvalue weighted by Crippen LogP contribution is 2.37. The molecule has 6 rings (SSSR count). The van der Waals surface area contributed by atoms with Gasteiger partial charge in [0.05, 0.1) is 28.4 Å². The van der Waals surface area contributed by atoms with Crippen molar-refractivity contribution in [2.24, 2.45) is 11.0 Å². The van der Waals surface area contributed by atoms with Crippen molar-refractivity contribution >= 4 is 22.5 Å². The van der Waals surface area contributed by atoms with Crippen molar-refractivity contribution in [1.82, 2.24) is 14.6 Å². The van der Waals surface area contributed by atoms with Crippen LogP contribution in [0.3, 0.4) is 0 Å². The molecule has 5 aromatic rings. The molecule has 1 aliphatic rings. The highest BCUT2D eigenvalue weighted by Gasteiger charge is 2.41. The molecule has 1 amide bonds. The maximum atomic E-state index is 13.7. The first-order chi connectivity index (χ1) is 19.1. The summed E-state index contributed by atoms with van der Waals surface area (Å²) in [6, 6.07) is 35.5. The summed E-state index contributed by atoms with van der Waals surface area (Å²) >= 11 is 0. The first-order valence-corrected chi connectivity index (χ1v) is 12.6. The second kappa shape index (κ2) is 9.84. The van der Waals surface area contributed by atoms with Crippen molar-refractivity contribution in [2.75, 3.05) is 0 Å². The zero-order valence-corrected chi connectivity index (χ0v) is 21.1. The number of carbonyl (C=O) groups is 1. The standard InChI is InChI=1S/C32H23N5O2/c1-21(38)37-30(23-10-4-2-5-11-23)27(20-33)29(35-37)22-16-18-25(19-17-22)36-31(24-12-6-3-7-13-24)34-28-15-9-8-14-26(28)32(36)39/h2-19,27,30H,1H3. The van der Waals surface area contributed by atoms with E-state index in [1.807, 2.05) is 103 Å². The first-order valence-electron chi connectivity index (χ1n) is 12.6. The average Bonchev–Trinajstić information content (AvgIpc) is 3.38. The highest BCUT2D eigenvalue weighted by molar-refractivity contribution is 6.06. The number of hydrogen-bond acceptors (Lipinski definition) is 5. The van der Waals surface area contributed by atoms with Crippen molar-refractivity contribution in [3.05, 3.63) is 131 Å². The normalized spacial score (nSPS) is 16.6. The molecular formula is C32H23N5O2. The van der Waals surface area contributed by atoms with Crippen molar-refractivity contribution in [2.45, 2.75) is 13.0 Å². The third-order valence-corrected chi connectivity index (χ3v) is 6.92. The van der Waals surface area contributed by atoms with Crippen LogP contribution in [-0.2, 0) is 4.79 Å². The maximum absolute atomic E-state index is 13.7. The molecule has 1 aliphatic heterocycles. The minimum Gasteiger partial charge on any atom is -0.273 e. The number of rotatable bonds is 4. The molecule has 7 nitrogen and oxygen atoms in total. The summed E-state index contributed by atoms with van der Waals surface area (Å²) in [5, 5.41) is 16.6. The molecule has 4 aromatic carbocycles. The first kappa shape index (κ1) is 24.0. The van der Waals surface area contributed by atoms with Crippen LogP contribution < -0.4 is 5.56 Å². The molecule has 0 bridgehead atoms. The fraction of sp³-hybridized carbons (Fsp3) is 0.0938. The zero-order chi connectivity index (χ0) is 26.9. The van der Waals surface area contributed by atoms with Gasteiger partial charge in [-0.05, 0) is 35.4 Å². The van der Waals surface area contributed by atoms with Crippen LogP contribution in [0.4, 0.5) is 0 Å². The van der Waals surface area contributed by atoms with Crippen LogP contribution in [0, 0.1) is 17.2 Å². The van der Waals surface area contributed by atoms with Gasteiger partial charge in [0.25, 0.3) is 5.56 Å². The van der Waals surface area contributed by atoms with E-state index in [4.69, 9.17) is 4.98 Å². The summed E-state index contributed by atoms with van der Waals surface area (Å²) in [6.07, 6.45) is 0. The van der Waals surface area contributed by atoms with E-state index in [-0.39, 0.29) is 11.5 Å². The molecular weight excluding hydrogens is 486 g/mol. The van der Waals surface area contributed by atoms with Crippen LogP contribution in [0.2, 0.25) is 0 Å². The lowest BCUT2D eigenvalue weighted by Crippen LogP contribution is -2.28. The average molecular weight is 510 g/mol. The number of hydrazone groups is 1. The SMILES string of the molecule is CC(=O)N1N=C(c2ccc(-n3c(-c4ccccc4)nc4ccccc4c3=O)cc2)C(C#N)C1c1ccccc1. The Kier molecular flexibility index (Phi) is 6.06. The Hall–Kier alpha value is -5.35. The number of para-hydroxylation sites is 1. The van der Waals surface area contributed by atoms with Crippen molar-refractivity contribution in [1.29, 1.82) is 5.26 Å². The molecule has 188 valence electrons. The smallest absolute Gasteiger partial charge is 0.266 e. The van der Waals surface area contributed by atoms with E-state index in [1.54, 1.807) is 10.6 Å². The molecule has 0 saturated carbocycles. The molecule has 2 atom stereocenters. The topological polar surface area (TPSA) is 91.3 Å². The predicted molar refractivity (Wildman–Crippen MR) is 150 cm³/mol. The van der Waals surface area contributed by atoms with E-state index in [0.29, 0.717) is 33.7 Å². The lowest BCUT2D eigenvalue weighted by molar-refractivity contribution is -0.130. The number of nitriles is 1. The minimum atomic E-state index is -0.646. The summed E-state index contributed by atoms with van der Waals surface area (Å²) < 4.78 is 1.61.